The number of H-pyrrole nitrogens is 1. The van der Waals surface area contributed by atoms with Crippen molar-refractivity contribution in [1.29, 1.82) is 0 Å². The van der Waals surface area contributed by atoms with Gasteiger partial charge < -0.3 is 19.4 Å². The van der Waals surface area contributed by atoms with Crippen LogP contribution in [0.1, 0.15) is 15.9 Å². The van der Waals surface area contributed by atoms with Crippen LogP contribution in [0, 0.1) is 0 Å². The molecule has 8 nitrogen and oxygen atoms in total. The van der Waals surface area contributed by atoms with E-state index in [1.165, 1.54) is 5.56 Å². The second-order valence-corrected chi connectivity index (χ2v) is 8.76. The summed E-state index contributed by atoms with van der Waals surface area (Å²) in [6.07, 6.45) is 0. The van der Waals surface area contributed by atoms with Gasteiger partial charge in [-0.15, -0.1) is 0 Å². The smallest absolute Gasteiger partial charge is 0.338 e. The van der Waals surface area contributed by atoms with Gasteiger partial charge in [0.15, 0.2) is 6.61 Å². The number of rotatable bonds is 7. The summed E-state index contributed by atoms with van der Waals surface area (Å²) < 4.78 is 10.5. The standard InChI is InChI=1S/C28H28N4O4/c1-35-23-10-7-21(8-11-23)27-29-24-12-9-22(17-25(24)30-27)28(34)36-19-26(33)32-15-13-31(14-16-32)18-20-5-3-2-4-6-20/h2-12,17H,13-16,18-19H2,1H3,(H,29,30). The molecule has 5 rings (SSSR count). The molecule has 4 aromatic rings. The van der Waals surface area contributed by atoms with Crippen molar-refractivity contribution in [3.05, 3.63) is 83.9 Å². The minimum Gasteiger partial charge on any atom is -0.497 e. The highest BCUT2D eigenvalue weighted by Crippen LogP contribution is 2.23. The topological polar surface area (TPSA) is 87.8 Å². The Labute approximate surface area is 209 Å². The predicted molar refractivity (Wildman–Crippen MR) is 137 cm³/mol. The molecule has 0 bridgehead atoms. The summed E-state index contributed by atoms with van der Waals surface area (Å²) in [4.78, 5) is 37.2. The van der Waals surface area contributed by atoms with E-state index in [-0.39, 0.29) is 12.5 Å². The van der Waals surface area contributed by atoms with E-state index in [2.05, 4.69) is 27.0 Å². The molecular weight excluding hydrogens is 456 g/mol. The van der Waals surface area contributed by atoms with Crippen molar-refractivity contribution in [2.24, 2.45) is 0 Å². The molecule has 1 aromatic heterocycles. The molecule has 0 saturated carbocycles. The fraction of sp³-hybridized carbons (Fsp3) is 0.250. The number of hydrogen-bond acceptors (Lipinski definition) is 6. The number of esters is 1. The van der Waals surface area contributed by atoms with Gasteiger partial charge in [0.25, 0.3) is 5.91 Å². The minimum atomic E-state index is -0.534. The van der Waals surface area contributed by atoms with Gasteiger partial charge in [0.2, 0.25) is 0 Å². The van der Waals surface area contributed by atoms with Gasteiger partial charge in [-0.3, -0.25) is 9.69 Å². The van der Waals surface area contributed by atoms with Crippen LogP contribution in [0.4, 0.5) is 0 Å². The lowest BCUT2D eigenvalue weighted by Crippen LogP contribution is -2.49. The Morgan fingerprint density at radius 1 is 0.944 bits per heavy atom. The predicted octanol–water partition coefficient (Wildman–Crippen LogP) is 3.74. The highest BCUT2D eigenvalue weighted by molar-refractivity contribution is 5.95. The van der Waals surface area contributed by atoms with Crippen LogP contribution in [0.5, 0.6) is 5.75 Å². The van der Waals surface area contributed by atoms with Crippen molar-refractivity contribution in [3.8, 4) is 17.1 Å². The van der Waals surface area contributed by atoms with Crippen molar-refractivity contribution in [2.75, 3.05) is 39.9 Å². The molecule has 8 heteroatoms. The molecule has 1 fully saturated rings. The number of benzene rings is 3. The van der Waals surface area contributed by atoms with Crippen LogP contribution >= 0.6 is 0 Å². The van der Waals surface area contributed by atoms with Crippen LogP contribution in [0.25, 0.3) is 22.4 Å². The zero-order chi connectivity index (χ0) is 24.9. The Hall–Kier alpha value is -4.17. The maximum Gasteiger partial charge on any atom is 0.338 e. The normalized spacial score (nSPS) is 14.1. The van der Waals surface area contributed by atoms with E-state index in [1.54, 1.807) is 30.2 Å². The van der Waals surface area contributed by atoms with Crippen LogP contribution in [-0.2, 0) is 16.1 Å². The van der Waals surface area contributed by atoms with E-state index in [0.29, 0.717) is 24.5 Å². The molecule has 1 N–H and O–H groups in total. The third kappa shape index (κ3) is 5.39. The number of ether oxygens (including phenoxy) is 2. The Kier molecular flexibility index (Phi) is 6.95. The summed E-state index contributed by atoms with van der Waals surface area (Å²) in [6.45, 7) is 3.43. The lowest BCUT2D eigenvalue weighted by molar-refractivity contribution is -0.136. The third-order valence-electron chi connectivity index (χ3n) is 6.38. The van der Waals surface area contributed by atoms with Crippen LogP contribution in [0.2, 0.25) is 0 Å². The van der Waals surface area contributed by atoms with Crippen LogP contribution in [0.3, 0.4) is 0 Å². The van der Waals surface area contributed by atoms with Gasteiger partial charge in [-0.2, -0.15) is 0 Å². The van der Waals surface area contributed by atoms with Crippen LogP contribution in [-0.4, -0.2) is 71.5 Å². The van der Waals surface area contributed by atoms with Gasteiger partial charge in [-0.1, -0.05) is 30.3 Å². The summed E-state index contributed by atoms with van der Waals surface area (Å²) in [5.74, 6) is 0.754. The molecule has 3 aromatic carbocycles. The van der Waals surface area contributed by atoms with Crippen LogP contribution < -0.4 is 4.74 Å². The van der Waals surface area contributed by atoms with Crippen molar-refractivity contribution < 1.29 is 19.1 Å². The number of fused-ring (bicyclic) bond motifs is 1. The molecule has 1 aliphatic rings. The second kappa shape index (κ2) is 10.6. The molecule has 0 aliphatic carbocycles. The second-order valence-electron chi connectivity index (χ2n) is 8.76. The quantitative estimate of drug-likeness (QED) is 0.402. The van der Waals surface area contributed by atoms with Gasteiger partial charge >= 0.3 is 5.97 Å². The summed E-state index contributed by atoms with van der Waals surface area (Å²) in [5.41, 5.74) is 3.99. The maximum atomic E-state index is 12.6. The van der Waals surface area contributed by atoms with E-state index in [4.69, 9.17) is 9.47 Å². The number of amides is 1. The SMILES string of the molecule is COc1ccc(-c2nc3ccc(C(=O)OCC(=O)N4CCN(Cc5ccccc5)CC4)cc3[nH]2)cc1. The van der Waals surface area contributed by atoms with Crippen molar-refractivity contribution in [2.45, 2.75) is 6.54 Å². The summed E-state index contributed by atoms with van der Waals surface area (Å²) in [6, 6.07) is 23.0. The molecule has 0 unspecified atom stereocenters. The monoisotopic (exact) mass is 484 g/mol. The first-order valence-corrected chi connectivity index (χ1v) is 11.9. The minimum absolute atomic E-state index is 0.174. The number of nitrogens with one attached hydrogen (secondary N) is 1. The average Bonchev–Trinajstić information content (AvgIpc) is 3.36. The molecule has 1 amide bonds. The van der Waals surface area contributed by atoms with Crippen molar-refractivity contribution in [3.63, 3.8) is 0 Å². The van der Waals surface area contributed by atoms with E-state index in [1.807, 2.05) is 42.5 Å². The van der Waals surface area contributed by atoms with Gasteiger partial charge in [0, 0.05) is 38.3 Å². The molecular formula is C28H28N4O4. The zero-order valence-electron chi connectivity index (χ0n) is 20.1. The van der Waals surface area contributed by atoms with Gasteiger partial charge in [0.05, 0.1) is 23.7 Å². The van der Waals surface area contributed by atoms with Crippen molar-refractivity contribution >= 4 is 22.9 Å². The fourth-order valence-electron chi connectivity index (χ4n) is 4.32. The number of aromatic amines is 1. The van der Waals surface area contributed by atoms with E-state index >= 15 is 0 Å². The third-order valence-corrected chi connectivity index (χ3v) is 6.38. The first kappa shape index (κ1) is 23.6. The first-order valence-electron chi connectivity index (χ1n) is 11.9. The Balaban J connectivity index is 1.14. The molecule has 0 radical (unpaired) electrons. The Morgan fingerprint density at radius 2 is 1.69 bits per heavy atom. The van der Waals surface area contributed by atoms with Gasteiger partial charge in [0.1, 0.15) is 11.6 Å². The summed E-state index contributed by atoms with van der Waals surface area (Å²) in [7, 11) is 1.62. The van der Waals surface area contributed by atoms with E-state index < -0.39 is 5.97 Å². The molecule has 0 spiro atoms. The number of hydrogen-bond donors (Lipinski definition) is 1. The lowest BCUT2D eigenvalue weighted by Gasteiger charge is -2.34. The Bertz CT molecular complexity index is 1340. The number of nitrogens with zero attached hydrogens (tertiary/aromatic N) is 3. The highest BCUT2D eigenvalue weighted by atomic mass is 16.5. The van der Waals surface area contributed by atoms with Crippen molar-refractivity contribution in [1.82, 2.24) is 19.8 Å². The number of methoxy groups -OCH3 is 1. The van der Waals surface area contributed by atoms with Crippen LogP contribution in [0.15, 0.2) is 72.8 Å². The Morgan fingerprint density at radius 3 is 2.42 bits per heavy atom. The number of aromatic nitrogens is 2. The van der Waals surface area contributed by atoms with E-state index in [0.717, 1.165) is 42.0 Å². The molecule has 36 heavy (non-hydrogen) atoms. The summed E-state index contributed by atoms with van der Waals surface area (Å²) in [5, 5.41) is 0. The highest BCUT2D eigenvalue weighted by Gasteiger charge is 2.22. The zero-order valence-corrected chi connectivity index (χ0v) is 20.1. The number of imidazole rings is 1. The molecule has 1 saturated heterocycles. The summed E-state index contributed by atoms with van der Waals surface area (Å²) >= 11 is 0. The fourth-order valence-corrected chi connectivity index (χ4v) is 4.32. The van der Waals surface area contributed by atoms with E-state index in [9.17, 15) is 9.59 Å². The average molecular weight is 485 g/mol. The molecule has 0 atom stereocenters. The largest absolute Gasteiger partial charge is 0.497 e. The molecule has 184 valence electrons. The van der Waals surface area contributed by atoms with Gasteiger partial charge in [-0.05, 0) is 48.0 Å². The lowest BCUT2D eigenvalue weighted by atomic mass is 10.2. The number of carbonyl (C=O) groups excluding carboxylic acids is 2. The first-order chi connectivity index (χ1) is 17.6. The van der Waals surface area contributed by atoms with Gasteiger partial charge in [-0.25, -0.2) is 9.78 Å². The maximum absolute atomic E-state index is 12.6. The number of piperazine rings is 1. The molecule has 2 heterocycles. The number of carbonyl (C=O) groups is 2. The molecule has 1 aliphatic heterocycles.